The third-order valence-corrected chi connectivity index (χ3v) is 3.11. The summed E-state index contributed by atoms with van der Waals surface area (Å²) >= 11 is 0. The molecule has 0 spiro atoms. The number of hydrogen-bond acceptors (Lipinski definition) is 3. The Kier molecular flexibility index (Phi) is 3.11. The Balaban J connectivity index is 2.84. The van der Waals surface area contributed by atoms with Gasteiger partial charge in [0.05, 0.1) is 5.39 Å². The molecule has 0 amide bonds. The fourth-order valence-electron chi connectivity index (χ4n) is 1.98. The maximum absolute atomic E-state index is 12.3. The zero-order chi connectivity index (χ0) is 13.4. The van der Waals surface area contributed by atoms with Crippen molar-refractivity contribution in [2.75, 3.05) is 0 Å². The molecule has 0 unspecified atom stereocenters. The predicted octanol–water partition coefficient (Wildman–Crippen LogP) is 2.23. The van der Waals surface area contributed by atoms with E-state index in [0.29, 0.717) is 17.5 Å². The first-order valence-electron chi connectivity index (χ1n) is 6.05. The lowest BCUT2D eigenvalue weighted by Crippen LogP contribution is -2.34. The number of aromatic nitrogens is 1. The van der Waals surface area contributed by atoms with E-state index >= 15 is 0 Å². The van der Waals surface area contributed by atoms with Crippen molar-refractivity contribution < 1.29 is 4.42 Å². The van der Waals surface area contributed by atoms with Crippen LogP contribution >= 0.6 is 0 Å². The molecule has 0 fully saturated rings. The lowest BCUT2D eigenvalue weighted by atomic mass is 10.1. The van der Waals surface area contributed by atoms with Gasteiger partial charge in [0.2, 0.25) is 0 Å². The highest BCUT2D eigenvalue weighted by Crippen LogP contribution is 2.17. The van der Waals surface area contributed by atoms with E-state index in [1.54, 1.807) is 6.07 Å². The summed E-state index contributed by atoms with van der Waals surface area (Å²) < 4.78 is 6.46. The SMILES string of the molecule is Cc1ccc2c(=O)n(CC(C)C)c(=O)oc2c1C. The molecule has 4 nitrogen and oxygen atoms in total. The van der Waals surface area contributed by atoms with Crippen molar-refractivity contribution in [2.45, 2.75) is 34.2 Å². The van der Waals surface area contributed by atoms with Crippen LogP contribution < -0.4 is 11.3 Å². The first kappa shape index (κ1) is 12.6. The minimum absolute atomic E-state index is 0.217. The lowest BCUT2D eigenvalue weighted by molar-refractivity contribution is 0.413. The van der Waals surface area contributed by atoms with Gasteiger partial charge in [0.15, 0.2) is 0 Å². The highest BCUT2D eigenvalue weighted by atomic mass is 16.4. The van der Waals surface area contributed by atoms with Crippen molar-refractivity contribution in [3.8, 4) is 0 Å². The van der Waals surface area contributed by atoms with Gasteiger partial charge >= 0.3 is 5.76 Å². The van der Waals surface area contributed by atoms with E-state index in [1.165, 1.54) is 4.57 Å². The van der Waals surface area contributed by atoms with E-state index in [2.05, 4.69) is 0 Å². The molecule has 0 N–H and O–H groups in total. The summed E-state index contributed by atoms with van der Waals surface area (Å²) in [4.78, 5) is 24.1. The topological polar surface area (TPSA) is 52.2 Å². The molecule has 4 heteroatoms. The van der Waals surface area contributed by atoms with Crippen LogP contribution in [-0.4, -0.2) is 4.57 Å². The smallest absolute Gasteiger partial charge is 0.409 e. The molecule has 18 heavy (non-hydrogen) atoms. The van der Waals surface area contributed by atoms with Crippen LogP contribution in [0, 0.1) is 19.8 Å². The molecule has 96 valence electrons. The fraction of sp³-hybridized carbons (Fsp3) is 0.429. The predicted molar refractivity (Wildman–Crippen MR) is 71.1 cm³/mol. The highest BCUT2D eigenvalue weighted by Gasteiger charge is 2.13. The normalized spacial score (nSPS) is 11.4. The van der Waals surface area contributed by atoms with Crippen LogP contribution in [0.5, 0.6) is 0 Å². The van der Waals surface area contributed by atoms with Crippen LogP contribution in [0.2, 0.25) is 0 Å². The zero-order valence-corrected chi connectivity index (χ0v) is 11.1. The minimum Gasteiger partial charge on any atom is -0.409 e. The van der Waals surface area contributed by atoms with Crippen LogP contribution in [-0.2, 0) is 6.54 Å². The number of hydrogen-bond donors (Lipinski definition) is 0. The van der Waals surface area contributed by atoms with Crippen molar-refractivity contribution in [1.29, 1.82) is 0 Å². The second-order valence-electron chi connectivity index (χ2n) is 5.06. The number of benzene rings is 1. The van der Waals surface area contributed by atoms with Crippen LogP contribution in [0.15, 0.2) is 26.1 Å². The summed E-state index contributed by atoms with van der Waals surface area (Å²) in [6.45, 7) is 8.07. The summed E-state index contributed by atoms with van der Waals surface area (Å²) in [5, 5.41) is 0.471. The molecule has 0 atom stereocenters. The molecular weight excluding hydrogens is 230 g/mol. The van der Waals surface area contributed by atoms with Gasteiger partial charge in [0, 0.05) is 6.54 Å². The molecule has 0 aliphatic heterocycles. The quantitative estimate of drug-likeness (QED) is 0.817. The van der Waals surface area contributed by atoms with Gasteiger partial charge in [-0.25, -0.2) is 9.36 Å². The summed E-state index contributed by atoms with van der Waals surface area (Å²) in [5.41, 5.74) is 1.99. The average molecular weight is 247 g/mol. The Morgan fingerprint density at radius 1 is 1.22 bits per heavy atom. The molecule has 0 aliphatic carbocycles. The van der Waals surface area contributed by atoms with Gasteiger partial charge in [0.1, 0.15) is 5.58 Å². The van der Waals surface area contributed by atoms with E-state index in [0.717, 1.165) is 11.1 Å². The molecule has 0 radical (unpaired) electrons. The lowest BCUT2D eigenvalue weighted by Gasteiger charge is -2.09. The summed E-state index contributed by atoms with van der Waals surface area (Å²) in [7, 11) is 0. The number of rotatable bonds is 2. The minimum atomic E-state index is -0.574. The molecule has 2 rings (SSSR count). The third-order valence-electron chi connectivity index (χ3n) is 3.11. The van der Waals surface area contributed by atoms with Crippen LogP contribution in [0.25, 0.3) is 11.0 Å². The second kappa shape index (κ2) is 4.44. The summed E-state index contributed by atoms with van der Waals surface area (Å²) in [5.74, 6) is -0.357. The number of fused-ring (bicyclic) bond motifs is 1. The Morgan fingerprint density at radius 2 is 1.89 bits per heavy atom. The maximum Gasteiger partial charge on any atom is 0.422 e. The van der Waals surface area contributed by atoms with Gasteiger partial charge in [0.25, 0.3) is 5.56 Å². The molecule has 0 bridgehead atoms. The van der Waals surface area contributed by atoms with E-state index in [4.69, 9.17) is 4.42 Å². The van der Waals surface area contributed by atoms with E-state index < -0.39 is 5.76 Å². The van der Waals surface area contributed by atoms with Gasteiger partial charge in [-0.3, -0.25) is 4.79 Å². The van der Waals surface area contributed by atoms with Crippen molar-refractivity contribution in [1.82, 2.24) is 4.57 Å². The van der Waals surface area contributed by atoms with Crippen molar-refractivity contribution in [3.05, 3.63) is 44.2 Å². The Bertz CT molecular complexity index is 707. The Labute approximate surface area is 105 Å². The van der Waals surface area contributed by atoms with E-state index in [-0.39, 0.29) is 11.5 Å². The molecule has 1 heterocycles. The molecule has 1 aromatic heterocycles. The van der Waals surface area contributed by atoms with Crippen molar-refractivity contribution in [2.24, 2.45) is 5.92 Å². The number of aryl methyl sites for hydroxylation is 2. The highest BCUT2D eigenvalue weighted by molar-refractivity contribution is 5.79. The van der Waals surface area contributed by atoms with Crippen LogP contribution in [0.3, 0.4) is 0 Å². The molecule has 2 aromatic rings. The summed E-state index contributed by atoms with van der Waals surface area (Å²) in [6.07, 6.45) is 0. The largest absolute Gasteiger partial charge is 0.422 e. The van der Waals surface area contributed by atoms with Crippen LogP contribution in [0.1, 0.15) is 25.0 Å². The monoisotopic (exact) mass is 247 g/mol. The van der Waals surface area contributed by atoms with Gasteiger partial charge < -0.3 is 4.42 Å². The zero-order valence-electron chi connectivity index (χ0n) is 11.1. The average Bonchev–Trinajstić information content (AvgIpc) is 2.29. The Morgan fingerprint density at radius 3 is 2.50 bits per heavy atom. The number of nitrogens with zero attached hydrogens (tertiary/aromatic N) is 1. The van der Waals surface area contributed by atoms with Gasteiger partial charge in [-0.2, -0.15) is 0 Å². The van der Waals surface area contributed by atoms with Crippen molar-refractivity contribution >= 4 is 11.0 Å². The molecule has 0 saturated heterocycles. The first-order chi connectivity index (χ1) is 8.41. The molecule has 0 saturated carbocycles. The molecule has 0 aliphatic rings. The Hall–Kier alpha value is -1.84. The third kappa shape index (κ3) is 1.98. The van der Waals surface area contributed by atoms with Gasteiger partial charge in [-0.1, -0.05) is 19.9 Å². The summed E-state index contributed by atoms with van der Waals surface area (Å²) in [6, 6.07) is 3.60. The second-order valence-corrected chi connectivity index (χ2v) is 5.06. The van der Waals surface area contributed by atoms with Crippen molar-refractivity contribution in [3.63, 3.8) is 0 Å². The van der Waals surface area contributed by atoms with Gasteiger partial charge in [-0.15, -0.1) is 0 Å². The molecular formula is C14H17NO3. The van der Waals surface area contributed by atoms with Gasteiger partial charge in [-0.05, 0) is 37.0 Å². The fourth-order valence-corrected chi connectivity index (χ4v) is 1.98. The first-order valence-corrected chi connectivity index (χ1v) is 6.05. The van der Waals surface area contributed by atoms with E-state index in [9.17, 15) is 9.59 Å². The maximum atomic E-state index is 12.3. The molecule has 1 aromatic carbocycles. The standard InChI is InChI=1S/C14H17NO3/c1-8(2)7-15-13(16)11-6-5-9(3)10(4)12(11)18-14(15)17/h5-6,8H,7H2,1-4H3. The van der Waals surface area contributed by atoms with Crippen LogP contribution in [0.4, 0.5) is 0 Å². The van der Waals surface area contributed by atoms with E-state index in [1.807, 2.05) is 33.8 Å².